The molecule has 0 fully saturated rings. The summed E-state index contributed by atoms with van der Waals surface area (Å²) in [5.41, 5.74) is 0. The molecular weight excluding hydrogens is 236 g/mol. The Balaban J connectivity index is -0.0000000383. The molecule has 10 heteroatoms. The molecule has 0 atom stereocenters. The third-order valence-corrected chi connectivity index (χ3v) is 0. The molecule has 0 N–H and O–H groups in total. The van der Waals surface area contributed by atoms with Gasteiger partial charge in [-0.15, -0.1) is 0 Å². The van der Waals surface area contributed by atoms with Gasteiger partial charge in [-0.3, -0.25) is 8.42 Å². The maximum Gasteiger partial charge on any atom is 2.00 e. The average molecular weight is 236 g/mol. The molecule has 0 bridgehead atoms. The van der Waals surface area contributed by atoms with E-state index in [4.69, 9.17) is 32.5 Å². The fourth-order valence-corrected chi connectivity index (χ4v) is 0. The summed E-state index contributed by atoms with van der Waals surface area (Å²) in [7, 11) is -5.17. The van der Waals surface area contributed by atoms with Crippen LogP contribution in [-0.2, 0) is 10.4 Å². The normalized spacial score (nSPS) is 7.45. The molecule has 0 aromatic carbocycles. The minimum atomic E-state index is -5.17. The third kappa shape index (κ3) is 395. The Labute approximate surface area is 122 Å². The van der Waals surface area contributed by atoms with Crippen molar-refractivity contribution in [2.75, 3.05) is 0 Å². The number of hydrogen-bond donors (Lipinski definition) is 0. The van der Waals surface area contributed by atoms with Crippen LogP contribution in [0, 0.1) is 0 Å². The molecule has 0 aliphatic heterocycles. The number of carbonyl (C=O) groups is 1. The summed E-state index contributed by atoms with van der Waals surface area (Å²) in [5, 5.41) is 16.7. The summed E-state index contributed by atoms with van der Waals surface area (Å²) in [6, 6.07) is 0. The smallest absolute Gasteiger partial charge is 0.759 e. The Morgan fingerprint density at radius 1 is 1.00 bits per heavy atom. The zero-order valence-electron chi connectivity index (χ0n) is 5.18. The molecule has 56 valence electrons. The summed E-state index contributed by atoms with van der Waals surface area (Å²) in [6.45, 7) is 0. The number of hydrogen-bond acceptors (Lipinski definition) is 7. The monoisotopic (exact) mass is 236 g/mol. The maximum absolute atomic E-state index is 8.52. The molecule has 0 rings (SSSR count). The van der Waals surface area contributed by atoms with E-state index in [1.54, 1.807) is 0 Å². The molecule has 11 heavy (non-hydrogen) atoms. The second-order valence-electron chi connectivity index (χ2n) is 0.658. The van der Waals surface area contributed by atoms with E-state index >= 15 is 0 Å². The number of carbonyl (C=O) groups excluding carboxylic acids is 1. The van der Waals surface area contributed by atoms with Gasteiger partial charge in [0.2, 0.25) is 0 Å². The van der Waals surface area contributed by atoms with E-state index in [1.807, 2.05) is 0 Å². The van der Waals surface area contributed by atoms with Gasteiger partial charge in [0.1, 0.15) is 0 Å². The van der Waals surface area contributed by atoms with Gasteiger partial charge in [0, 0.05) is 10.4 Å². The van der Waals surface area contributed by atoms with Gasteiger partial charge >= 0.3 is 75.5 Å². The van der Waals surface area contributed by atoms with Crippen LogP contribution < -0.4 is 10.2 Å². The molecular formula is CCa2O7S. The van der Waals surface area contributed by atoms with Crippen LogP contribution in [0.5, 0.6) is 0 Å². The van der Waals surface area contributed by atoms with Crippen molar-refractivity contribution in [2.24, 2.45) is 0 Å². The topological polar surface area (TPSA) is 143 Å². The van der Waals surface area contributed by atoms with Gasteiger partial charge in [0.15, 0.2) is 0 Å². The first-order chi connectivity index (χ1) is 3.73. The van der Waals surface area contributed by atoms with E-state index < -0.39 is 16.6 Å². The summed E-state index contributed by atoms with van der Waals surface area (Å²) < 4.78 is 34.1. The zero-order valence-corrected chi connectivity index (χ0v) is 10.4. The maximum atomic E-state index is 8.52. The van der Waals surface area contributed by atoms with Crippen LogP contribution in [0.4, 0.5) is 4.79 Å². The van der Waals surface area contributed by atoms with Crippen LogP contribution in [0.15, 0.2) is 0 Å². The first-order valence-corrected chi connectivity index (χ1v) is 2.61. The van der Waals surface area contributed by atoms with Gasteiger partial charge in [-0.1, -0.05) is 0 Å². The summed E-state index contributed by atoms with van der Waals surface area (Å²) in [6.07, 6.45) is -2.33. The minimum Gasteiger partial charge on any atom is -0.759 e. The minimum absolute atomic E-state index is 0. The third-order valence-electron chi connectivity index (χ3n) is 0. The molecule has 0 saturated heterocycles. The Hall–Kier alpha value is 1.66. The van der Waals surface area contributed by atoms with E-state index in [2.05, 4.69) is 0 Å². The average Bonchev–Trinajstić information content (AvgIpc) is 1.19. The van der Waals surface area contributed by atoms with E-state index in [-0.39, 0.29) is 75.5 Å². The van der Waals surface area contributed by atoms with Crippen LogP contribution in [0.3, 0.4) is 0 Å². The second-order valence-corrected chi connectivity index (χ2v) is 1.47. The Morgan fingerprint density at radius 3 is 1.00 bits per heavy atom. The largest absolute Gasteiger partial charge is 2.00 e. The van der Waals surface area contributed by atoms with Crippen molar-refractivity contribution < 1.29 is 32.5 Å². The predicted molar refractivity (Wildman–Crippen MR) is 27.4 cm³/mol. The Morgan fingerprint density at radius 2 is 1.00 bits per heavy atom. The molecule has 0 unspecified atom stereocenters. The van der Waals surface area contributed by atoms with Crippen molar-refractivity contribution in [1.29, 1.82) is 0 Å². The fraction of sp³-hybridized carbons (Fsp3) is 0. The molecule has 0 saturated carbocycles. The Bertz CT molecular complexity index is 159. The molecule has 0 aliphatic rings. The van der Waals surface area contributed by atoms with E-state index in [9.17, 15) is 0 Å². The molecule has 0 aliphatic carbocycles. The summed E-state index contributed by atoms with van der Waals surface area (Å²) >= 11 is 0. The van der Waals surface area contributed by atoms with Crippen molar-refractivity contribution in [3.05, 3.63) is 0 Å². The predicted octanol–water partition coefficient (Wildman–Crippen LogP) is -4.55. The first-order valence-electron chi connectivity index (χ1n) is 1.28. The SMILES string of the molecule is O=C([O-])[O-].O=S(=O)([O-])[O-].[Ca+2].[Ca+2]. The van der Waals surface area contributed by atoms with Crippen molar-refractivity contribution >= 4 is 92.0 Å². The van der Waals surface area contributed by atoms with Crippen LogP contribution in [0.1, 0.15) is 0 Å². The van der Waals surface area contributed by atoms with Crippen LogP contribution in [0.25, 0.3) is 0 Å². The van der Waals surface area contributed by atoms with E-state index in [1.165, 1.54) is 0 Å². The molecule has 0 spiro atoms. The van der Waals surface area contributed by atoms with Gasteiger partial charge in [0.25, 0.3) is 0 Å². The zero-order chi connectivity index (χ0) is 8.08. The van der Waals surface area contributed by atoms with Gasteiger partial charge in [-0.2, -0.15) is 0 Å². The van der Waals surface area contributed by atoms with Gasteiger partial charge in [-0.25, -0.2) is 0 Å². The van der Waals surface area contributed by atoms with Crippen LogP contribution in [0.2, 0.25) is 0 Å². The van der Waals surface area contributed by atoms with Gasteiger partial charge in [0.05, 0.1) is 0 Å². The van der Waals surface area contributed by atoms with Crippen molar-refractivity contribution in [2.45, 2.75) is 0 Å². The van der Waals surface area contributed by atoms with E-state index in [0.29, 0.717) is 0 Å². The molecule has 0 radical (unpaired) electrons. The molecule has 0 aromatic rings. The van der Waals surface area contributed by atoms with Crippen molar-refractivity contribution in [3.8, 4) is 0 Å². The van der Waals surface area contributed by atoms with Crippen LogP contribution in [-0.4, -0.2) is 99.2 Å². The fourth-order valence-electron chi connectivity index (χ4n) is 0. The Kier molecular flexibility index (Phi) is 24.3. The standard InChI is InChI=1S/CH2O3.2Ca.H2O4S/c2-1(3)4;;;1-5(2,3)4/h(H2,2,3,4);;;(H2,1,2,3,4)/q;2*+2;/p-4. The molecule has 7 nitrogen and oxygen atoms in total. The summed E-state index contributed by atoms with van der Waals surface area (Å²) in [5.74, 6) is 0. The molecule has 0 heterocycles. The number of rotatable bonds is 0. The van der Waals surface area contributed by atoms with Gasteiger partial charge < -0.3 is 24.1 Å². The van der Waals surface area contributed by atoms with Crippen molar-refractivity contribution in [1.82, 2.24) is 0 Å². The van der Waals surface area contributed by atoms with E-state index in [0.717, 1.165) is 0 Å². The molecule has 0 aromatic heterocycles. The number of carboxylic acid groups (broad SMARTS) is 2. The van der Waals surface area contributed by atoms with Gasteiger partial charge in [-0.05, 0) is 6.16 Å². The first kappa shape index (κ1) is 23.0. The quantitative estimate of drug-likeness (QED) is 0.234. The summed E-state index contributed by atoms with van der Waals surface area (Å²) in [4.78, 5) is 8.33. The van der Waals surface area contributed by atoms with Crippen LogP contribution >= 0.6 is 0 Å². The second kappa shape index (κ2) is 11.7. The molecule has 0 amide bonds. The van der Waals surface area contributed by atoms with Crippen molar-refractivity contribution in [3.63, 3.8) is 0 Å².